The van der Waals surface area contributed by atoms with Gasteiger partial charge in [-0.05, 0) is 19.4 Å². The molecular formula is C17H23NO2. The summed E-state index contributed by atoms with van der Waals surface area (Å²) >= 11 is 0. The number of carbonyl (C=O) groups is 1. The second kappa shape index (κ2) is 6.23. The fraction of sp³-hybridized carbons (Fsp3) is 0.471. The van der Waals surface area contributed by atoms with E-state index < -0.39 is 6.10 Å². The van der Waals surface area contributed by atoms with Crippen LogP contribution in [-0.4, -0.2) is 15.5 Å². The number of carbonyl (C=O) groups excluding carboxylic acids is 1. The van der Waals surface area contributed by atoms with Crippen molar-refractivity contribution in [3.63, 3.8) is 0 Å². The summed E-state index contributed by atoms with van der Waals surface area (Å²) in [5, 5.41) is 11.4. The van der Waals surface area contributed by atoms with Crippen LogP contribution in [-0.2, 0) is 7.05 Å². The molecule has 0 spiro atoms. The Morgan fingerprint density at radius 1 is 1.30 bits per heavy atom. The first-order valence-electron chi connectivity index (χ1n) is 7.34. The summed E-state index contributed by atoms with van der Waals surface area (Å²) in [7, 11) is 1.92. The number of hydrogen-bond donors (Lipinski definition) is 1. The average Bonchev–Trinajstić information content (AvgIpc) is 2.73. The van der Waals surface area contributed by atoms with Crippen molar-refractivity contribution in [2.24, 2.45) is 7.05 Å². The second-order valence-electron chi connectivity index (χ2n) is 5.40. The molecule has 3 heteroatoms. The number of aliphatic hydroxyl groups excluding tert-OH is 1. The summed E-state index contributed by atoms with van der Waals surface area (Å²) in [6, 6.07) is 7.83. The van der Waals surface area contributed by atoms with Crippen LogP contribution < -0.4 is 0 Å². The Bertz CT molecular complexity index is 613. The molecule has 0 aliphatic carbocycles. The van der Waals surface area contributed by atoms with Gasteiger partial charge >= 0.3 is 0 Å². The Labute approximate surface area is 120 Å². The third-order valence-corrected chi connectivity index (χ3v) is 3.90. The van der Waals surface area contributed by atoms with Crippen molar-refractivity contribution in [1.29, 1.82) is 0 Å². The lowest BCUT2D eigenvalue weighted by Crippen LogP contribution is -2.09. The Morgan fingerprint density at radius 2 is 2.00 bits per heavy atom. The minimum atomic E-state index is -0.571. The molecule has 1 heterocycles. The number of para-hydroxylation sites is 1. The van der Waals surface area contributed by atoms with E-state index in [1.54, 1.807) is 6.92 Å². The van der Waals surface area contributed by atoms with Gasteiger partial charge in [0, 0.05) is 23.5 Å². The molecule has 1 aromatic heterocycles. The molecule has 2 rings (SSSR count). The summed E-state index contributed by atoms with van der Waals surface area (Å²) in [5.41, 5.74) is 2.43. The quantitative estimate of drug-likeness (QED) is 0.638. The van der Waals surface area contributed by atoms with Crippen molar-refractivity contribution in [2.75, 3.05) is 0 Å². The Hall–Kier alpha value is -1.61. The molecule has 0 aliphatic heterocycles. The molecule has 3 nitrogen and oxygen atoms in total. The number of Topliss-reactive ketones (excluding diaryl/α,β-unsaturated/α-hetero) is 1. The van der Waals surface area contributed by atoms with Gasteiger partial charge in [0.15, 0.2) is 5.78 Å². The van der Waals surface area contributed by atoms with Crippen molar-refractivity contribution >= 4 is 16.7 Å². The van der Waals surface area contributed by atoms with E-state index in [9.17, 15) is 9.90 Å². The molecule has 1 atom stereocenters. The summed E-state index contributed by atoms with van der Waals surface area (Å²) in [6.45, 7) is 3.72. The summed E-state index contributed by atoms with van der Waals surface area (Å²) in [6.07, 6.45) is 3.35. The van der Waals surface area contributed by atoms with Crippen LogP contribution in [0.4, 0.5) is 0 Å². The molecular weight excluding hydrogens is 250 g/mol. The minimum Gasteiger partial charge on any atom is -0.387 e. The third kappa shape index (κ3) is 2.63. The number of nitrogens with zero attached hydrogens (tertiary/aromatic N) is 1. The SMILES string of the molecule is CCCCCC(O)c1c(C(C)=O)c2ccccc2n1C. The summed E-state index contributed by atoms with van der Waals surface area (Å²) in [5.74, 6) is 0.0198. The molecule has 0 aliphatic rings. The number of aryl methyl sites for hydroxylation is 1. The van der Waals surface area contributed by atoms with Crippen LogP contribution in [0, 0.1) is 0 Å². The van der Waals surface area contributed by atoms with E-state index in [1.165, 1.54) is 0 Å². The Morgan fingerprint density at radius 3 is 2.65 bits per heavy atom. The number of ketones is 1. The monoisotopic (exact) mass is 273 g/mol. The van der Waals surface area contributed by atoms with Crippen LogP contribution in [0.1, 0.15) is 61.7 Å². The zero-order chi connectivity index (χ0) is 14.7. The normalized spacial score (nSPS) is 12.8. The topological polar surface area (TPSA) is 42.2 Å². The van der Waals surface area contributed by atoms with Crippen molar-refractivity contribution in [3.8, 4) is 0 Å². The highest BCUT2D eigenvalue weighted by Gasteiger charge is 2.23. The molecule has 108 valence electrons. The highest BCUT2D eigenvalue weighted by molar-refractivity contribution is 6.08. The fourth-order valence-electron chi connectivity index (χ4n) is 2.90. The van der Waals surface area contributed by atoms with Crippen LogP contribution >= 0.6 is 0 Å². The minimum absolute atomic E-state index is 0.0198. The lowest BCUT2D eigenvalue weighted by molar-refractivity contribution is 0.100. The van der Waals surface area contributed by atoms with Gasteiger partial charge in [-0.25, -0.2) is 0 Å². The number of benzene rings is 1. The maximum absolute atomic E-state index is 12.0. The molecule has 2 aromatic rings. The molecule has 0 amide bonds. The van der Waals surface area contributed by atoms with Gasteiger partial charge in [-0.15, -0.1) is 0 Å². The summed E-state index contributed by atoms with van der Waals surface area (Å²) < 4.78 is 1.96. The highest BCUT2D eigenvalue weighted by Crippen LogP contribution is 2.32. The first kappa shape index (κ1) is 14.8. The number of aromatic nitrogens is 1. The van der Waals surface area contributed by atoms with Crippen LogP contribution in [0.25, 0.3) is 10.9 Å². The van der Waals surface area contributed by atoms with Gasteiger partial charge in [0.25, 0.3) is 0 Å². The third-order valence-electron chi connectivity index (χ3n) is 3.90. The standard InChI is InChI=1S/C17H23NO2/c1-4-5-6-11-15(20)17-16(12(2)19)13-9-7-8-10-14(13)18(17)3/h7-10,15,20H,4-6,11H2,1-3H3. The van der Waals surface area contributed by atoms with Crippen LogP contribution in [0.2, 0.25) is 0 Å². The molecule has 0 bridgehead atoms. The first-order chi connectivity index (χ1) is 9.57. The molecule has 1 unspecified atom stereocenters. The molecule has 0 saturated carbocycles. The number of fused-ring (bicyclic) bond motifs is 1. The fourth-order valence-corrected chi connectivity index (χ4v) is 2.90. The van der Waals surface area contributed by atoms with E-state index in [4.69, 9.17) is 0 Å². The molecule has 1 aromatic carbocycles. The van der Waals surface area contributed by atoms with E-state index in [0.29, 0.717) is 12.0 Å². The second-order valence-corrected chi connectivity index (χ2v) is 5.40. The zero-order valence-electron chi connectivity index (χ0n) is 12.5. The molecule has 0 fully saturated rings. The number of hydrogen-bond acceptors (Lipinski definition) is 2. The molecule has 0 radical (unpaired) electrons. The molecule has 0 saturated heterocycles. The van der Waals surface area contributed by atoms with Crippen molar-refractivity contribution in [1.82, 2.24) is 4.57 Å². The van der Waals surface area contributed by atoms with E-state index >= 15 is 0 Å². The molecule has 1 N–H and O–H groups in total. The van der Waals surface area contributed by atoms with Crippen molar-refractivity contribution in [3.05, 3.63) is 35.5 Å². The largest absolute Gasteiger partial charge is 0.387 e. The summed E-state index contributed by atoms with van der Waals surface area (Å²) in [4.78, 5) is 12.0. The predicted octanol–water partition coefficient (Wildman–Crippen LogP) is 3.99. The van der Waals surface area contributed by atoms with Crippen molar-refractivity contribution < 1.29 is 9.90 Å². The zero-order valence-corrected chi connectivity index (χ0v) is 12.5. The number of unbranched alkanes of at least 4 members (excludes halogenated alkanes) is 2. The maximum atomic E-state index is 12.0. The maximum Gasteiger partial charge on any atom is 0.162 e. The van der Waals surface area contributed by atoms with E-state index in [0.717, 1.165) is 35.9 Å². The van der Waals surface area contributed by atoms with E-state index in [1.807, 2.05) is 35.9 Å². The lowest BCUT2D eigenvalue weighted by Gasteiger charge is -2.14. The van der Waals surface area contributed by atoms with Crippen LogP contribution in [0.15, 0.2) is 24.3 Å². The van der Waals surface area contributed by atoms with Gasteiger partial charge in [0.2, 0.25) is 0 Å². The van der Waals surface area contributed by atoms with Gasteiger partial charge in [0.1, 0.15) is 0 Å². The lowest BCUT2D eigenvalue weighted by atomic mass is 10.0. The Kier molecular flexibility index (Phi) is 4.61. The average molecular weight is 273 g/mol. The first-order valence-corrected chi connectivity index (χ1v) is 7.34. The Balaban J connectivity index is 2.48. The molecule has 20 heavy (non-hydrogen) atoms. The van der Waals surface area contributed by atoms with Gasteiger partial charge in [0.05, 0.1) is 11.8 Å². The number of rotatable bonds is 6. The number of aliphatic hydroxyl groups is 1. The van der Waals surface area contributed by atoms with Crippen LogP contribution in [0.5, 0.6) is 0 Å². The van der Waals surface area contributed by atoms with Gasteiger partial charge < -0.3 is 9.67 Å². The van der Waals surface area contributed by atoms with Gasteiger partial charge in [-0.1, -0.05) is 44.4 Å². The van der Waals surface area contributed by atoms with Gasteiger partial charge in [-0.2, -0.15) is 0 Å². The van der Waals surface area contributed by atoms with Gasteiger partial charge in [-0.3, -0.25) is 4.79 Å². The van der Waals surface area contributed by atoms with E-state index in [-0.39, 0.29) is 5.78 Å². The highest BCUT2D eigenvalue weighted by atomic mass is 16.3. The van der Waals surface area contributed by atoms with Crippen molar-refractivity contribution in [2.45, 2.75) is 45.6 Å². The predicted molar refractivity (Wildman–Crippen MR) is 82.0 cm³/mol. The van der Waals surface area contributed by atoms with Crippen LogP contribution in [0.3, 0.4) is 0 Å². The smallest absolute Gasteiger partial charge is 0.162 e. The van der Waals surface area contributed by atoms with E-state index in [2.05, 4.69) is 6.92 Å².